The van der Waals surface area contributed by atoms with Gasteiger partial charge < -0.3 is 0 Å². The van der Waals surface area contributed by atoms with Crippen LogP contribution in [0.25, 0.3) is 21.3 Å². The Morgan fingerprint density at radius 3 is 2.74 bits per heavy atom. The molecule has 2 aromatic heterocycles. The van der Waals surface area contributed by atoms with Crippen LogP contribution in [-0.4, -0.2) is 20.9 Å². The number of para-hydroxylation sites is 1. The van der Waals surface area contributed by atoms with E-state index >= 15 is 0 Å². The first-order chi connectivity index (χ1) is 11.2. The van der Waals surface area contributed by atoms with E-state index < -0.39 is 5.82 Å². The minimum Gasteiger partial charge on any atom is -0.298 e. The molecular formula is C16H9FN4OS. The summed E-state index contributed by atoms with van der Waals surface area (Å²) in [5, 5.41) is 3.05. The Morgan fingerprint density at radius 2 is 1.91 bits per heavy atom. The van der Waals surface area contributed by atoms with E-state index in [0.717, 1.165) is 0 Å². The van der Waals surface area contributed by atoms with Gasteiger partial charge in [-0.25, -0.2) is 9.37 Å². The highest BCUT2D eigenvalue weighted by Crippen LogP contribution is 2.27. The Kier molecular flexibility index (Phi) is 3.20. The quantitative estimate of drug-likeness (QED) is 0.611. The Bertz CT molecular complexity index is 1050. The van der Waals surface area contributed by atoms with Crippen molar-refractivity contribution in [3.8, 4) is 0 Å². The number of anilines is 1. The van der Waals surface area contributed by atoms with Crippen molar-refractivity contribution >= 4 is 43.6 Å². The summed E-state index contributed by atoms with van der Waals surface area (Å²) in [5.74, 6) is -0.725. The van der Waals surface area contributed by atoms with Gasteiger partial charge in [-0.2, -0.15) is 0 Å². The number of halogens is 1. The maximum Gasteiger partial charge on any atom is 0.257 e. The monoisotopic (exact) mass is 324 g/mol. The molecule has 5 nitrogen and oxygen atoms in total. The number of nitrogens with zero attached hydrogens (tertiary/aromatic N) is 3. The first-order valence-corrected chi connectivity index (χ1v) is 7.59. The molecule has 0 atom stereocenters. The molecule has 0 aliphatic carbocycles. The minimum atomic E-state index is -0.403. The summed E-state index contributed by atoms with van der Waals surface area (Å²) < 4.78 is 14.3. The number of carbonyl (C=O) groups is 1. The van der Waals surface area contributed by atoms with E-state index in [-0.39, 0.29) is 11.4 Å². The van der Waals surface area contributed by atoms with Crippen LogP contribution in [0.1, 0.15) is 10.4 Å². The lowest BCUT2D eigenvalue weighted by atomic mass is 10.2. The summed E-state index contributed by atoms with van der Waals surface area (Å²) >= 11 is 1.23. The van der Waals surface area contributed by atoms with Gasteiger partial charge in [0.25, 0.3) is 5.91 Å². The Labute approximate surface area is 133 Å². The van der Waals surface area contributed by atoms with Gasteiger partial charge in [-0.05, 0) is 30.3 Å². The molecule has 0 unspecified atom stereocenters. The molecule has 0 aliphatic rings. The lowest BCUT2D eigenvalue weighted by Crippen LogP contribution is -2.11. The van der Waals surface area contributed by atoms with Crippen LogP contribution in [0.5, 0.6) is 0 Å². The van der Waals surface area contributed by atoms with Crippen LogP contribution in [0.15, 0.2) is 48.8 Å². The fourth-order valence-electron chi connectivity index (χ4n) is 2.24. The van der Waals surface area contributed by atoms with Crippen LogP contribution in [0.3, 0.4) is 0 Å². The van der Waals surface area contributed by atoms with E-state index in [1.165, 1.54) is 17.4 Å². The summed E-state index contributed by atoms with van der Waals surface area (Å²) in [5.41, 5.74) is 2.05. The molecule has 112 valence electrons. The second kappa shape index (κ2) is 5.36. The number of hydrogen-bond donors (Lipinski definition) is 1. The van der Waals surface area contributed by atoms with Gasteiger partial charge in [-0.3, -0.25) is 20.1 Å². The van der Waals surface area contributed by atoms with Crippen LogP contribution >= 0.6 is 11.3 Å². The van der Waals surface area contributed by atoms with Gasteiger partial charge in [0.1, 0.15) is 11.3 Å². The summed E-state index contributed by atoms with van der Waals surface area (Å²) in [6, 6.07) is 9.78. The molecule has 0 spiro atoms. The van der Waals surface area contributed by atoms with Crippen molar-refractivity contribution in [2.45, 2.75) is 0 Å². The molecule has 0 saturated carbocycles. The highest BCUT2D eigenvalue weighted by Gasteiger charge is 2.12. The van der Waals surface area contributed by atoms with Crippen molar-refractivity contribution in [1.29, 1.82) is 0 Å². The number of amides is 1. The van der Waals surface area contributed by atoms with Gasteiger partial charge in [-0.1, -0.05) is 17.4 Å². The largest absolute Gasteiger partial charge is 0.298 e. The molecule has 0 radical (unpaired) electrons. The fourth-order valence-corrected chi connectivity index (χ4v) is 3.12. The summed E-state index contributed by atoms with van der Waals surface area (Å²) in [7, 11) is 0. The number of nitrogens with one attached hydrogen (secondary N) is 1. The molecule has 1 N–H and O–H groups in total. The van der Waals surface area contributed by atoms with E-state index in [4.69, 9.17) is 0 Å². The Morgan fingerprint density at radius 1 is 1.09 bits per heavy atom. The number of rotatable bonds is 2. The first kappa shape index (κ1) is 13.7. The van der Waals surface area contributed by atoms with Crippen LogP contribution in [0.2, 0.25) is 0 Å². The zero-order valence-electron chi connectivity index (χ0n) is 11.7. The molecule has 0 saturated heterocycles. The van der Waals surface area contributed by atoms with Gasteiger partial charge >= 0.3 is 0 Å². The van der Waals surface area contributed by atoms with Crippen LogP contribution in [0.4, 0.5) is 9.52 Å². The van der Waals surface area contributed by atoms with Crippen molar-refractivity contribution in [3.05, 3.63) is 60.2 Å². The SMILES string of the molecule is O=C(Nc1nc2c(F)cccc2s1)c1ccc2nccnc2c1. The van der Waals surface area contributed by atoms with Gasteiger partial charge in [0.05, 0.1) is 15.7 Å². The third-order valence-electron chi connectivity index (χ3n) is 3.32. The van der Waals surface area contributed by atoms with Crippen LogP contribution < -0.4 is 5.32 Å². The highest BCUT2D eigenvalue weighted by molar-refractivity contribution is 7.22. The summed E-state index contributed by atoms with van der Waals surface area (Å²) in [4.78, 5) is 24.8. The normalized spacial score (nSPS) is 11.0. The zero-order chi connectivity index (χ0) is 15.8. The number of benzene rings is 2. The number of aromatic nitrogens is 3. The van der Waals surface area contributed by atoms with Crippen molar-refractivity contribution in [1.82, 2.24) is 15.0 Å². The average molecular weight is 324 g/mol. The highest BCUT2D eigenvalue weighted by atomic mass is 32.1. The molecule has 4 aromatic rings. The Balaban J connectivity index is 1.66. The molecular weight excluding hydrogens is 315 g/mol. The minimum absolute atomic E-state index is 0.261. The van der Waals surface area contributed by atoms with Gasteiger partial charge in [0.2, 0.25) is 0 Å². The summed E-state index contributed by atoms with van der Waals surface area (Å²) in [6.45, 7) is 0. The number of fused-ring (bicyclic) bond motifs is 2. The van der Waals surface area contributed by atoms with Crippen LogP contribution in [-0.2, 0) is 0 Å². The van der Waals surface area contributed by atoms with Gasteiger partial charge in [0, 0.05) is 18.0 Å². The summed E-state index contributed by atoms with van der Waals surface area (Å²) in [6.07, 6.45) is 3.16. The molecule has 1 amide bonds. The van der Waals surface area contributed by atoms with Crippen molar-refractivity contribution in [2.75, 3.05) is 5.32 Å². The third-order valence-corrected chi connectivity index (χ3v) is 4.26. The second-order valence-corrected chi connectivity index (χ2v) is 5.85. The fraction of sp³-hybridized carbons (Fsp3) is 0. The van der Waals surface area contributed by atoms with E-state index in [1.54, 1.807) is 42.7 Å². The lowest BCUT2D eigenvalue weighted by Gasteiger charge is -2.02. The average Bonchev–Trinajstić information content (AvgIpc) is 2.98. The Hall–Kier alpha value is -2.93. The predicted molar refractivity (Wildman–Crippen MR) is 87.1 cm³/mol. The van der Waals surface area contributed by atoms with Crippen LogP contribution in [0, 0.1) is 5.82 Å². The molecule has 7 heteroatoms. The molecule has 2 heterocycles. The molecule has 0 aliphatic heterocycles. The van der Waals surface area contributed by atoms with Crippen molar-refractivity contribution in [2.24, 2.45) is 0 Å². The topological polar surface area (TPSA) is 67.8 Å². The smallest absolute Gasteiger partial charge is 0.257 e. The lowest BCUT2D eigenvalue weighted by molar-refractivity contribution is 0.102. The van der Waals surface area contributed by atoms with Crippen molar-refractivity contribution < 1.29 is 9.18 Å². The van der Waals surface area contributed by atoms with Gasteiger partial charge in [-0.15, -0.1) is 0 Å². The number of carbonyl (C=O) groups excluding carboxylic acids is 1. The van der Waals surface area contributed by atoms with E-state index in [1.807, 2.05) is 0 Å². The van der Waals surface area contributed by atoms with E-state index in [0.29, 0.717) is 26.4 Å². The number of hydrogen-bond acceptors (Lipinski definition) is 5. The van der Waals surface area contributed by atoms with Gasteiger partial charge in [0.15, 0.2) is 5.13 Å². The predicted octanol–water partition coefficient (Wildman–Crippen LogP) is 3.63. The maximum atomic E-state index is 13.7. The molecule has 4 rings (SSSR count). The molecule has 0 fully saturated rings. The third kappa shape index (κ3) is 2.51. The molecule has 0 bridgehead atoms. The number of thiazole rings is 1. The molecule has 2 aromatic carbocycles. The standard InChI is InChI=1S/C16H9FN4OS/c17-10-2-1-3-13-14(10)20-16(23-13)21-15(22)9-4-5-11-12(8-9)19-7-6-18-11/h1-8H,(H,20,21,22). The second-order valence-electron chi connectivity index (χ2n) is 4.82. The first-order valence-electron chi connectivity index (χ1n) is 6.78. The van der Waals surface area contributed by atoms with E-state index in [9.17, 15) is 9.18 Å². The van der Waals surface area contributed by atoms with E-state index in [2.05, 4.69) is 20.3 Å². The van der Waals surface area contributed by atoms with Crippen molar-refractivity contribution in [3.63, 3.8) is 0 Å². The zero-order valence-corrected chi connectivity index (χ0v) is 12.5. The molecule has 23 heavy (non-hydrogen) atoms. The maximum absolute atomic E-state index is 13.7.